The minimum Gasteiger partial charge on any atom is -0.338 e. The number of rotatable bonds is 5. The van der Waals surface area contributed by atoms with Gasteiger partial charge in [0.2, 0.25) is 0 Å². The van der Waals surface area contributed by atoms with Crippen LogP contribution in [-0.2, 0) is 0 Å². The molecule has 2 aromatic heterocycles. The standard InChI is InChI=1S/C21H25FN6OS/c1-27-11-9-14(10-12-27)13-23-20(29)26-21-24-17-7-8-18(25-19(17)30-21)28(2)16-5-3-15(22)4-6-16/h3-8,14H,9-13H2,1-2H3,(H2,23,24,26,29). The Bertz CT molecular complexity index is 1020. The van der Waals surface area contributed by atoms with Crippen molar-refractivity contribution in [2.45, 2.75) is 12.8 Å². The summed E-state index contributed by atoms with van der Waals surface area (Å²) < 4.78 is 13.2. The van der Waals surface area contributed by atoms with Crippen LogP contribution in [-0.4, -0.2) is 54.6 Å². The second kappa shape index (κ2) is 8.93. The van der Waals surface area contributed by atoms with E-state index in [9.17, 15) is 9.18 Å². The Balaban J connectivity index is 1.38. The predicted molar refractivity (Wildman–Crippen MR) is 119 cm³/mol. The van der Waals surface area contributed by atoms with Crippen molar-refractivity contribution >= 4 is 44.4 Å². The number of carbonyl (C=O) groups is 1. The van der Waals surface area contributed by atoms with Crippen molar-refractivity contribution in [2.24, 2.45) is 5.92 Å². The van der Waals surface area contributed by atoms with E-state index in [1.807, 2.05) is 24.1 Å². The van der Waals surface area contributed by atoms with Crippen LogP contribution in [0.5, 0.6) is 0 Å². The van der Waals surface area contributed by atoms with E-state index in [-0.39, 0.29) is 11.8 Å². The predicted octanol–water partition coefficient (Wildman–Crippen LogP) is 4.06. The van der Waals surface area contributed by atoms with Crippen LogP contribution >= 0.6 is 11.3 Å². The summed E-state index contributed by atoms with van der Waals surface area (Å²) in [4.78, 5) is 26.3. The number of carbonyl (C=O) groups excluding carboxylic acids is 1. The molecule has 0 unspecified atom stereocenters. The first-order valence-corrected chi connectivity index (χ1v) is 10.8. The number of anilines is 3. The Hall–Kier alpha value is -2.78. The first-order valence-electron chi connectivity index (χ1n) is 9.98. The lowest BCUT2D eigenvalue weighted by Gasteiger charge is -2.28. The normalized spacial score (nSPS) is 15.3. The molecule has 4 rings (SSSR count). The summed E-state index contributed by atoms with van der Waals surface area (Å²) in [7, 11) is 4.00. The van der Waals surface area contributed by atoms with Crippen LogP contribution in [0, 0.1) is 11.7 Å². The Morgan fingerprint density at radius 1 is 1.20 bits per heavy atom. The van der Waals surface area contributed by atoms with E-state index in [0.717, 1.165) is 47.8 Å². The zero-order valence-electron chi connectivity index (χ0n) is 17.1. The number of urea groups is 1. The van der Waals surface area contributed by atoms with Crippen LogP contribution in [0.3, 0.4) is 0 Å². The fraction of sp³-hybridized carbons (Fsp3) is 0.381. The van der Waals surface area contributed by atoms with E-state index in [4.69, 9.17) is 0 Å². The van der Waals surface area contributed by atoms with Crippen molar-refractivity contribution < 1.29 is 9.18 Å². The number of nitrogens with one attached hydrogen (secondary N) is 2. The SMILES string of the molecule is CN1CCC(CNC(=O)Nc2nc3ccc(N(C)c4ccc(F)cc4)nc3s2)CC1. The van der Waals surface area contributed by atoms with Gasteiger partial charge in [0, 0.05) is 19.3 Å². The summed E-state index contributed by atoms with van der Waals surface area (Å²) in [5, 5.41) is 6.29. The number of halogens is 1. The van der Waals surface area contributed by atoms with Crippen molar-refractivity contribution in [3.8, 4) is 0 Å². The molecule has 3 aromatic rings. The lowest BCUT2D eigenvalue weighted by molar-refractivity contribution is 0.213. The van der Waals surface area contributed by atoms with Gasteiger partial charge in [0.05, 0.1) is 0 Å². The number of hydrogen-bond donors (Lipinski definition) is 2. The lowest BCUT2D eigenvalue weighted by atomic mass is 9.97. The second-order valence-electron chi connectivity index (χ2n) is 7.63. The van der Waals surface area contributed by atoms with Crippen molar-refractivity contribution in [1.82, 2.24) is 20.2 Å². The summed E-state index contributed by atoms with van der Waals surface area (Å²) in [5.74, 6) is 0.965. The summed E-state index contributed by atoms with van der Waals surface area (Å²) in [6.45, 7) is 2.83. The molecule has 0 aliphatic carbocycles. The number of aromatic nitrogens is 2. The number of piperidine rings is 1. The molecule has 0 bridgehead atoms. The molecule has 0 spiro atoms. The lowest BCUT2D eigenvalue weighted by Crippen LogP contribution is -2.38. The average molecular weight is 429 g/mol. The molecule has 7 nitrogen and oxygen atoms in total. The van der Waals surface area contributed by atoms with Crippen LogP contribution in [0.15, 0.2) is 36.4 Å². The molecule has 0 saturated carbocycles. The highest BCUT2D eigenvalue weighted by Crippen LogP contribution is 2.29. The average Bonchev–Trinajstić information content (AvgIpc) is 3.14. The van der Waals surface area contributed by atoms with Gasteiger partial charge in [-0.25, -0.2) is 19.2 Å². The number of amides is 2. The van der Waals surface area contributed by atoms with Gasteiger partial charge in [-0.2, -0.15) is 0 Å². The third-order valence-corrected chi connectivity index (χ3v) is 6.29. The molecule has 1 aliphatic heterocycles. The van der Waals surface area contributed by atoms with Crippen LogP contribution in [0.4, 0.5) is 25.8 Å². The van der Waals surface area contributed by atoms with Gasteiger partial charge < -0.3 is 15.1 Å². The van der Waals surface area contributed by atoms with Gasteiger partial charge in [-0.15, -0.1) is 0 Å². The summed E-state index contributed by atoms with van der Waals surface area (Å²) in [6.07, 6.45) is 2.21. The second-order valence-corrected chi connectivity index (χ2v) is 8.61. The Kier molecular flexibility index (Phi) is 6.10. The van der Waals surface area contributed by atoms with Crippen molar-refractivity contribution in [3.05, 3.63) is 42.2 Å². The Labute approximate surface area is 178 Å². The number of pyridine rings is 1. The molecule has 2 N–H and O–H groups in total. The van der Waals surface area contributed by atoms with E-state index >= 15 is 0 Å². The van der Waals surface area contributed by atoms with Crippen LogP contribution < -0.4 is 15.5 Å². The number of thiazole rings is 1. The minimum absolute atomic E-state index is 0.239. The monoisotopic (exact) mass is 428 g/mol. The smallest absolute Gasteiger partial charge is 0.321 e. The molecule has 3 heterocycles. The van der Waals surface area contributed by atoms with Crippen LogP contribution in [0.25, 0.3) is 10.3 Å². The van der Waals surface area contributed by atoms with Crippen molar-refractivity contribution in [3.63, 3.8) is 0 Å². The minimum atomic E-state index is -0.275. The fourth-order valence-corrected chi connectivity index (χ4v) is 4.32. The molecule has 2 amide bonds. The number of nitrogens with zero attached hydrogens (tertiary/aromatic N) is 4. The van der Waals surface area contributed by atoms with Gasteiger partial charge in [0.1, 0.15) is 22.0 Å². The molecular formula is C21H25FN6OS. The molecule has 1 saturated heterocycles. The maximum Gasteiger partial charge on any atom is 0.321 e. The number of fused-ring (bicyclic) bond motifs is 1. The fourth-order valence-electron chi connectivity index (χ4n) is 3.49. The quantitative estimate of drug-likeness (QED) is 0.641. The highest BCUT2D eigenvalue weighted by Gasteiger charge is 2.18. The van der Waals surface area contributed by atoms with Crippen molar-refractivity contribution in [1.29, 1.82) is 0 Å². The van der Waals surface area contributed by atoms with Gasteiger partial charge in [-0.3, -0.25) is 5.32 Å². The maximum absolute atomic E-state index is 13.2. The highest BCUT2D eigenvalue weighted by molar-refractivity contribution is 7.22. The van der Waals surface area contributed by atoms with Gasteiger partial charge in [0.15, 0.2) is 5.13 Å². The largest absolute Gasteiger partial charge is 0.338 e. The Morgan fingerprint density at radius 2 is 1.93 bits per heavy atom. The molecule has 0 radical (unpaired) electrons. The third-order valence-electron chi connectivity index (χ3n) is 5.41. The van der Waals surface area contributed by atoms with E-state index in [0.29, 0.717) is 17.6 Å². The summed E-state index contributed by atoms with van der Waals surface area (Å²) in [6, 6.07) is 9.74. The number of benzene rings is 1. The number of likely N-dealkylation sites (tertiary alicyclic amines) is 1. The third kappa shape index (κ3) is 4.85. The maximum atomic E-state index is 13.2. The topological polar surface area (TPSA) is 73.4 Å². The van der Waals surface area contributed by atoms with E-state index in [1.54, 1.807) is 12.1 Å². The van der Waals surface area contributed by atoms with E-state index < -0.39 is 0 Å². The highest BCUT2D eigenvalue weighted by atomic mass is 32.1. The van der Waals surface area contributed by atoms with Crippen LogP contribution in [0.2, 0.25) is 0 Å². The Morgan fingerprint density at radius 3 is 2.67 bits per heavy atom. The van der Waals surface area contributed by atoms with Gasteiger partial charge in [-0.05, 0) is 75.3 Å². The molecule has 0 atom stereocenters. The molecule has 1 aromatic carbocycles. The van der Waals surface area contributed by atoms with E-state index in [1.165, 1.54) is 23.5 Å². The molecule has 1 aliphatic rings. The summed E-state index contributed by atoms with van der Waals surface area (Å²) in [5.41, 5.74) is 1.56. The number of hydrogen-bond acceptors (Lipinski definition) is 6. The van der Waals surface area contributed by atoms with Gasteiger partial charge in [0.25, 0.3) is 0 Å². The first-order chi connectivity index (χ1) is 14.5. The van der Waals surface area contributed by atoms with Crippen molar-refractivity contribution in [2.75, 3.05) is 43.9 Å². The van der Waals surface area contributed by atoms with Crippen LogP contribution in [0.1, 0.15) is 12.8 Å². The summed E-state index contributed by atoms with van der Waals surface area (Å²) >= 11 is 1.33. The molecule has 9 heteroatoms. The molecule has 158 valence electrons. The van der Waals surface area contributed by atoms with E-state index in [2.05, 4.69) is 32.5 Å². The zero-order chi connectivity index (χ0) is 21.1. The zero-order valence-corrected chi connectivity index (χ0v) is 17.9. The molecular weight excluding hydrogens is 403 g/mol. The molecule has 30 heavy (non-hydrogen) atoms. The molecule has 1 fully saturated rings. The first kappa shape index (κ1) is 20.5. The van der Waals surface area contributed by atoms with Gasteiger partial charge >= 0.3 is 6.03 Å². The van der Waals surface area contributed by atoms with Gasteiger partial charge in [-0.1, -0.05) is 11.3 Å².